The van der Waals surface area contributed by atoms with Crippen molar-refractivity contribution in [3.8, 4) is 0 Å². The average molecular weight is 1110 g/mol. The molecule has 0 saturated heterocycles. The van der Waals surface area contributed by atoms with Gasteiger partial charge >= 0.3 is 6.09 Å². The van der Waals surface area contributed by atoms with Gasteiger partial charge in [0.15, 0.2) is 5.71 Å². The molecule has 3 aromatic carbocycles. The second-order valence-electron chi connectivity index (χ2n) is 21.9. The van der Waals surface area contributed by atoms with Crippen LogP contribution in [0, 0.1) is 6.92 Å². The SMILES string of the molecule is Cc1ccc2c(c1)C(C)(C)C(=CC=C1CCCC(C=CC3=[N+](CCCCS(=O)(=O)O)c4ccc(S(=O)(=O)O)cc4C3(C)C)=C1OCCN(C)C(=O)[C@H](Cc1ccccc1)NC(=O)OC(C)(C)C)N2CCCCS(=O)(=O)O. The van der Waals surface area contributed by atoms with Crippen LogP contribution in [0.1, 0.15) is 116 Å². The van der Waals surface area contributed by atoms with Gasteiger partial charge in [-0.2, -0.15) is 29.8 Å². The highest BCUT2D eigenvalue weighted by molar-refractivity contribution is 7.86. The Kier molecular flexibility index (Phi) is 18.8. The summed E-state index contributed by atoms with van der Waals surface area (Å²) in [5.41, 5.74) is 6.79. The molecule has 0 unspecified atom stereocenters. The highest BCUT2D eigenvalue weighted by Crippen LogP contribution is 2.49. The predicted molar refractivity (Wildman–Crippen MR) is 295 cm³/mol. The normalized spacial score (nSPS) is 18.1. The van der Waals surface area contributed by atoms with Crippen molar-refractivity contribution in [1.82, 2.24) is 10.2 Å². The number of alkyl carbamates (subject to hydrolysis) is 1. The molecular weight excluding hydrogens is 1030 g/mol. The molecule has 0 spiro atoms. The standard InChI is InChI=1S/C56H74N4O13S3/c1-39-22-26-47-44(36-39)55(5,6)49(59(47)30-13-15-34-74(63,64)65)28-23-41-20-17-21-42(51(41)72-33-32-58(9)52(61)46(37-40-18-11-10-12-19-40)57-53(62)73-54(2,3)4)24-29-50-56(7,8)45-38-43(76(69,70)71)25-27-48(45)60(50)31-14-16-35-75(66,67)68/h10-12,18-19,22-29,36,38,46H,13-17,20-21,30-35,37H2,1-9H3,(H3-,57,62,63,64,65,66,67,68,69,70,71)/p+1/t46-/m0/s1. The summed E-state index contributed by atoms with van der Waals surface area (Å²) in [5.74, 6) is -0.518. The number of nitrogens with zero attached hydrogens (tertiary/aromatic N) is 3. The molecule has 0 fully saturated rings. The number of fused-ring (bicyclic) bond motifs is 2. The molecule has 1 aliphatic carbocycles. The van der Waals surface area contributed by atoms with Gasteiger partial charge in [0.05, 0.1) is 28.4 Å². The molecule has 20 heteroatoms. The Balaban J connectivity index is 1.41. The number of nitrogens with one attached hydrogen (secondary N) is 1. The van der Waals surface area contributed by atoms with E-state index in [1.165, 1.54) is 17.0 Å². The van der Waals surface area contributed by atoms with Crippen LogP contribution >= 0.6 is 0 Å². The molecule has 6 rings (SSSR count). The Morgan fingerprint density at radius 1 is 0.829 bits per heavy atom. The molecule has 3 aliphatic rings. The summed E-state index contributed by atoms with van der Waals surface area (Å²) in [4.78, 5) is 30.7. The lowest BCUT2D eigenvalue weighted by Gasteiger charge is -2.28. The molecule has 0 aromatic heterocycles. The number of rotatable bonds is 22. The number of carbonyl (C=O) groups excluding carboxylic acids is 2. The third-order valence-electron chi connectivity index (χ3n) is 14.0. The van der Waals surface area contributed by atoms with Crippen LogP contribution in [0.15, 0.2) is 119 Å². The van der Waals surface area contributed by atoms with E-state index in [2.05, 4.69) is 48.3 Å². The van der Waals surface area contributed by atoms with Gasteiger partial charge in [-0.25, -0.2) is 4.79 Å². The summed E-state index contributed by atoms with van der Waals surface area (Å²) in [6.45, 7) is 16.5. The van der Waals surface area contributed by atoms with Crippen LogP contribution in [0.2, 0.25) is 0 Å². The molecule has 0 saturated carbocycles. The molecule has 4 N–H and O–H groups in total. The second-order valence-corrected chi connectivity index (χ2v) is 26.4. The Morgan fingerprint density at radius 2 is 1.50 bits per heavy atom. The van der Waals surface area contributed by atoms with Crippen molar-refractivity contribution in [2.75, 3.05) is 49.7 Å². The van der Waals surface area contributed by atoms with Gasteiger partial charge in [-0.1, -0.05) is 68.0 Å². The highest BCUT2D eigenvalue weighted by atomic mass is 32.2. The maximum absolute atomic E-state index is 14.2. The summed E-state index contributed by atoms with van der Waals surface area (Å²) in [6.07, 6.45) is 10.9. The first-order valence-corrected chi connectivity index (χ1v) is 30.3. The van der Waals surface area contributed by atoms with Gasteiger partial charge in [0.25, 0.3) is 30.4 Å². The minimum atomic E-state index is -4.55. The van der Waals surface area contributed by atoms with E-state index < -0.39 is 64.7 Å². The fraction of sp³-hybridized carbons (Fsp3) is 0.482. The molecule has 0 radical (unpaired) electrons. The third kappa shape index (κ3) is 15.5. The van der Waals surface area contributed by atoms with Crippen molar-refractivity contribution in [3.63, 3.8) is 0 Å². The fourth-order valence-electron chi connectivity index (χ4n) is 10.1. The number of anilines is 1. The van der Waals surface area contributed by atoms with E-state index in [9.17, 15) is 48.5 Å². The number of benzene rings is 3. The summed E-state index contributed by atoms with van der Waals surface area (Å²) < 4.78 is 115. The number of unbranched alkanes of at least 4 members (excludes halogenated alkanes) is 2. The maximum atomic E-state index is 14.2. The van der Waals surface area contributed by atoms with Gasteiger partial charge in [-0.3, -0.25) is 18.5 Å². The Hall–Kier alpha value is -5.64. The van der Waals surface area contributed by atoms with Crippen LogP contribution in [-0.2, 0) is 61.9 Å². The predicted octanol–water partition coefficient (Wildman–Crippen LogP) is 9.17. The van der Waals surface area contributed by atoms with Gasteiger partial charge in [-0.15, -0.1) is 0 Å². The first-order valence-electron chi connectivity index (χ1n) is 25.7. The largest absolute Gasteiger partial charge is 0.491 e. The van der Waals surface area contributed by atoms with Crippen LogP contribution in [0.25, 0.3) is 0 Å². The lowest BCUT2D eigenvalue weighted by molar-refractivity contribution is -0.438. The van der Waals surface area contributed by atoms with Crippen molar-refractivity contribution in [2.24, 2.45) is 0 Å². The first-order chi connectivity index (χ1) is 35.4. The average Bonchev–Trinajstić information content (AvgIpc) is 3.65. The van der Waals surface area contributed by atoms with E-state index in [1.807, 2.05) is 73.9 Å². The molecule has 76 heavy (non-hydrogen) atoms. The molecule has 2 aliphatic heterocycles. The lowest BCUT2D eigenvalue weighted by atomic mass is 9.81. The quantitative estimate of drug-likeness (QED) is 0.0417. The molecule has 2 heterocycles. The van der Waals surface area contributed by atoms with Crippen LogP contribution in [-0.4, -0.2) is 123 Å². The number of amides is 2. The smallest absolute Gasteiger partial charge is 0.408 e. The zero-order valence-corrected chi connectivity index (χ0v) is 47.6. The Labute approximate surface area is 449 Å². The number of carbonyl (C=O) groups is 2. The second kappa shape index (κ2) is 23.9. The zero-order chi connectivity index (χ0) is 56.0. The van der Waals surface area contributed by atoms with Crippen molar-refractivity contribution in [1.29, 1.82) is 0 Å². The summed E-state index contributed by atoms with van der Waals surface area (Å²) in [7, 11) is -11.2. The molecule has 2 amide bonds. The van der Waals surface area contributed by atoms with Crippen LogP contribution in [0.5, 0.6) is 0 Å². The van der Waals surface area contributed by atoms with Gasteiger partial charge in [0.1, 0.15) is 30.6 Å². The van der Waals surface area contributed by atoms with E-state index >= 15 is 0 Å². The summed E-state index contributed by atoms with van der Waals surface area (Å²) >= 11 is 0. The Morgan fingerprint density at radius 3 is 2.14 bits per heavy atom. The number of ether oxygens (including phenoxy) is 2. The van der Waals surface area contributed by atoms with Crippen molar-refractivity contribution >= 4 is 59.4 Å². The Bertz CT molecular complexity index is 3170. The monoisotopic (exact) mass is 1110 g/mol. The molecule has 1 atom stereocenters. The molecule has 3 aromatic rings. The van der Waals surface area contributed by atoms with E-state index in [4.69, 9.17) is 9.47 Å². The number of aryl methyl sites for hydroxylation is 1. The van der Waals surface area contributed by atoms with Crippen molar-refractivity contribution in [2.45, 2.75) is 134 Å². The van der Waals surface area contributed by atoms with E-state index in [1.54, 1.807) is 33.9 Å². The van der Waals surface area contributed by atoms with Crippen molar-refractivity contribution in [3.05, 3.63) is 136 Å². The lowest BCUT2D eigenvalue weighted by Crippen LogP contribution is -2.50. The molecule has 0 bridgehead atoms. The van der Waals surface area contributed by atoms with Crippen molar-refractivity contribution < 1.29 is 62.5 Å². The van der Waals surface area contributed by atoms with E-state index in [-0.39, 0.29) is 49.0 Å². The van der Waals surface area contributed by atoms with Gasteiger partial charge < -0.3 is 24.6 Å². The summed E-state index contributed by atoms with van der Waals surface area (Å²) in [5, 5.41) is 2.78. The van der Waals surface area contributed by atoms with Crippen LogP contribution in [0.3, 0.4) is 0 Å². The van der Waals surface area contributed by atoms with Gasteiger partial charge in [-0.05, 0) is 133 Å². The summed E-state index contributed by atoms with van der Waals surface area (Å²) in [6, 6.07) is 19.1. The minimum Gasteiger partial charge on any atom is -0.491 e. The number of allylic oxidation sites excluding steroid dienone is 7. The molecule has 17 nitrogen and oxygen atoms in total. The zero-order valence-electron chi connectivity index (χ0n) is 45.1. The molecular formula is C56H75N4O13S3+. The highest BCUT2D eigenvalue weighted by Gasteiger charge is 2.45. The van der Waals surface area contributed by atoms with Gasteiger partial charge in [0.2, 0.25) is 11.6 Å². The topological polar surface area (TPSA) is 237 Å². The fourth-order valence-corrected chi connectivity index (χ4v) is 11.8. The number of hydrogen-bond acceptors (Lipinski definition) is 11. The maximum Gasteiger partial charge on any atom is 0.408 e. The molecule has 414 valence electrons. The number of likely N-dealkylation sites (N-methyl/N-ethyl adjacent to an activating group) is 1. The van der Waals surface area contributed by atoms with E-state index in [0.29, 0.717) is 55.8 Å². The minimum absolute atomic E-state index is 0.0647. The first kappa shape index (κ1) is 59.6. The number of hydrogen-bond donors (Lipinski definition) is 4. The third-order valence-corrected chi connectivity index (χ3v) is 16.4. The van der Waals surface area contributed by atoms with Crippen LogP contribution in [0.4, 0.5) is 16.2 Å². The van der Waals surface area contributed by atoms with Gasteiger partial charge in [0, 0.05) is 60.9 Å². The van der Waals surface area contributed by atoms with Crippen LogP contribution < -0.4 is 10.2 Å². The van der Waals surface area contributed by atoms with E-state index in [0.717, 1.165) is 51.4 Å².